The van der Waals surface area contributed by atoms with Crippen molar-refractivity contribution in [3.8, 4) is 0 Å². The molecular weight excluding hydrogens is 459 g/mol. The van der Waals surface area contributed by atoms with Crippen molar-refractivity contribution >= 4 is 36.0 Å². The van der Waals surface area contributed by atoms with Gasteiger partial charge in [-0.2, -0.15) is 0 Å². The fraction of sp³-hybridized carbons (Fsp3) is 0.722. The van der Waals surface area contributed by atoms with Crippen LogP contribution in [-0.2, 0) is 17.8 Å². The third kappa shape index (κ3) is 11.7. The van der Waals surface area contributed by atoms with Crippen molar-refractivity contribution in [2.24, 2.45) is 10.9 Å². The van der Waals surface area contributed by atoms with E-state index in [4.69, 9.17) is 4.74 Å². The molecule has 0 radical (unpaired) electrons. The molecule has 3 N–H and O–H groups in total. The largest absolute Gasteiger partial charge is 0.444 e. The molecule has 0 saturated heterocycles. The van der Waals surface area contributed by atoms with Gasteiger partial charge in [0.05, 0.1) is 6.54 Å². The zero-order chi connectivity index (χ0) is 19.6. The summed E-state index contributed by atoms with van der Waals surface area (Å²) in [6, 6.07) is 0. The Morgan fingerprint density at radius 2 is 1.93 bits per heavy atom. The molecule has 1 heterocycles. The van der Waals surface area contributed by atoms with Crippen molar-refractivity contribution in [1.29, 1.82) is 0 Å². The molecule has 9 heteroatoms. The maximum atomic E-state index is 11.6. The number of halogens is 1. The van der Waals surface area contributed by atoms with Gasteiger partial charge in [-0.05, 0) is 33.1 Å². The zero-order valence-corrected chi connectivity index (χ0v) is 19.7. The van der Waals surface area contributed by atoms with Crippen LogP contribution >= 0.6 is 24.0 Å². The quantitative estimate of drug-likeness (QED) is 0.224. The number of aromatic nitrogens is 2. The number of ether oxygens (including phenoxy) is 1. The first-order chi connectivity index (χ1) is 12.2. The Hall–Kier alpha value is -1.52. The van der Waals surface area contributed by atoms with E-state index in [1.807, 2.05) is 33.2 Å². The van der Waals surface area contributed by atoms with Crippen LogP contribution in [0.2, 0.25) is 0 Å². The van der Waals surface area contributed by atoms with Crippen molar-refractivity contribution in [3.05, 3.63) is 18.2 Å². The summed E-state index contributed by atoms with van der Waals surface area (Å²) in [5.74, 6) is 2.26. The molecule has 0 saturated carbocycles. The van der Waals surface area contributed by atoms with Gasteiger partial charge in [-0.3, -0.25) is 4.99 Å². The number of carbonyl (C=O) groups is 1. The molecule has 1 aromatic rings. The first-order valence-electron chi connectivity index (χ1n) is 9.12. The predicted molar refractivity (Wildman–Crippen MR) is 120 cm³/mol. The summed E-state index contributed by atoms with van der Waals surface area (Å²) in [6.07, 6.45) is 4.19. The van der Waals surface area contributed by atoms with Gasteiger partial charge in [0.15, 0.2) is 5.96 Å². The van der Waals surface area contributed by atoms with Crippen LogP contribution in [-0.4, -0.2) is 47.3 Å². The summed E-state index contributed by atoms with van der Waals surface area (Å²) in [7, 11) is 1.73. The maximum absolute atomic E-state index is 11.6. The molecule has 156 valence electrons. The van der Waals surface area contributed by atoms with E-state index >= 15 is 0 Å². The van der Waals surface area contributed by atoms with Crippen molar-refractivity contribution in [2.45, 2.75) is 59.7 Å². The number of aliphatic imine (C=N–C) groups is 1. The van der Waals surface area contributed by atoms with Gasteiger partial charge < -0.3 is 25.3 Å². The summed E-state index contributed by atoms with van der Waals surface area (Å²) in [5, 5.41) is 9.22. The van der Waals surface area contributed by atoms with E-state index in [2.05, 4.69) is 44.3 Å². The minimum atomic E-state index is -0.477. The smallest absolute Gasteiger partial charge is 0.407 e. The number of hydrogen-bond donors (Lipinski definition) is 3. The van der Waals surface area contributed by atoms with E-state index in [-0.39, 0.29) is 24.0 Å². The van der Waals surface area contributed by atoms with Crippen molar-refractivity contribution < 1.29 is 9.53 Å². The van der Waals surface area contributed by atoms with E-state index < -0.39 is 11.7 Å². The lowest BCUT2D eigenvalue weighted by molar-refractivity contribution is 0.0527. The highest BCUT2D eigenvalue weighted by Crippen LogP contribution is 2.06. The normalized spacial score (nSPS) is 11.7. The Labute approximate surface area is 180 Å². The molecule has 0 aromatic carbocycles. The van der Waals surface area contributed by atoms with Crippen molar-refractivity contribution in [3.63, 3.8) is 0 Å². The Morgan fingerprint density at radius 3 is 2.52 bits per heavy atom. The molecule has 0 atom stereocenters. The minimum Gasteiger partial charge on any atom is -0.444 e. The molecule has 1 aromatic heterocycles. The molecule has 8 nitrogen and oxygen atoms in total. The average Bonchev–Trinajstić information content (AvgIpc) is 2.94. The van der Waals surface area contributed by atoms with Crippen LogP contribution in [0.3, 0.4) is 0 Å². The van der Waals surface area contributed by atoms with Gasteiger partial charge in [0, 0.05) is 39.1 Å². The summed E-state index contributed by atoms with van der Waals surface area (Å²) < 4.78 is 7.34. The molecule has 0 unspecified atom stereocenters. The molecule has 0 aliphatic rings. The fourth-order valence-corrected chi connectivity index (χ4v) is 2.25. The fourth-order valence-electron chi connectivity index (χ4n) is 2.25. The molecule has 0 aliphatic heterocycles. The van der Waals surface area contributed by atoms with E-state index in [1.54, 1.807) is 7.05 Å². The third-order valence-electron chi connectivity index (χ3n) is 3.32. The number of nitrogens with zero attached hydrogens (tertiary/aromatic N) is 3. The zero-order valence-electron chi connectivity index (χ0n) is 17.3. The lowest BCUT2D eigenvalue weighted by atomic mass is 10.2. The van der Waals surface area contributed by atoms with Gasteiger partial charge in [0.2, 0.25) is 0 Å². The number of amides is 1. The summed E-state index contributed by atoms with van der Waals surface area (Å²) in [5.41, 5.74) is -0.477. The van der Waals surface area contributed by atoms with E-state index in [0.29, 0.717) is 31.5 Å². The van der Waals surface area contributed by atoms with Gasteiger partial charge in [-0.1, -0.05) is 13.8 Å². The number of imidazole rings is 1. The second-order valence-electron chi connectivity index (χ2n) is 7.52. The third-order valence-corrected chi connectivity index (χ3v) is 3.32. The SMILES string of the molecule is CN=C(NCCCNC(=O)OC(C)(C)C)NCc1nccn1CC(C)C.I. The number of rotatable bonds is 8. The summed E-state index contributed by atoms with van der Waals surface area (Å²) >= 11 is 0. The van der Waals surface area contributed by atoms with Crippen molar-refractivity contribution in [2.75, 3.05) is 20.1 Å². The number of hydrogen-bond acceptors (Lipinski definition) is 4. The van der Waals surface area contributed by atoms with Crippen LogP contribution in [0.15, 0.2) is 17.4 Å². The number of guanidine groups is 1. The second kappa shape index (κ2) is 12.8. The molecule has 0 aliphatic carbocycles. The summed E-state index contributed by atoms with van der Waals surface area (Å²) in [6.45, 7) is 12.7. The molecule has 27 heavy (non-hydrogen) atoms. The van der Waals surface area contributed by atoms with Crippen LogP contribution in [0.25, 0.3) is 0 Å². The molecule has 1 amide bonds. The molecule has 0 bridgehead atoms. The van der Waals surface area contributed by atoms with Gasteiger partial charge in [0.25, 0.3) is 0 Å². The average molecular weight is 494 g/mol. The maximum Gasteiger partial charge on any atom is 0.407 e. The highest BCUT2D eigenvalue weighted by Gasteiger charge is 2.15. The molecule has 0 fully saturated rings. The Balaban J connectivity index is 0.00000676. The van der Waals surface area contributed by atoms with Crippen LogP contribution < -0.4 is 16.0 Å². The first kappa shape index (κ1) is 25.5. The lowest BCUT2D eigenvalue weighted by Gasteiger charge is -2.19. The number of alkyl carbamates (subject to hydrolysis) is 1. The van der Waals surface area contributed by atoms with Crippen LogP contribution in [0.5, 0.6) is 0 Å². The highest BCUT2D eigenvalue weighted by molar-refractivity contribution is 14.0. The predicted octanol–water partition coefficient (Wildman–Crippen LogP) is 2.74. The topological polar surface area (TPSA) is 92.6 Å². The van der Waals surface area contributed by atoms with Gasteiger partial charge >= 0.3 is 6.09 Å². The van der Waals surface area contributed by atoms with Crippen LogP contribution in [0.1, 0.15) is 46.9 Å². The number of carbonyl (C=O) groups excluding carboxylic acids is 1. The Bertz CT molecular complexity index is 581. The monoisotopic (exact) mass is 494 g/mol. The molecule has 0 spiro atoms. The van der Waals surface area contributed by atoms with Gasteiger partial charge in [-0.15, -0.1) is 24.0 Å². The molecule has 1 rings (SSSR count). The first-order valence-corrected chi connectivity index (χ1v) is 9.12. The number of nitrogens with one attached hydrogen (secondary N) is 3. The Morgan fingerprint density at radius 1 is 1.26 bits per heavy atom. The minimum absolute atomic E-state index is 0. The Kier molecular flexibility index (Phi) is 12.1. The van der Waals surface area contributed by atoms with Gasteiger partial charge in [0.1, 0.15) is 11.4 Å². The van der Waals surface area contributed by atoms with E-state index in [1.165, 1.54) is 0 Å². The second-order valence-corrected chi connectivity index (χ2v) is 7.52. The van der Waals surface area contributed by atoms with Gasteiger partial charge in [-0.25, -0.2) is 9.78 Å². The standard InChI is InChI=1S/C18H34N6O2.HI/c1-14(2)13-24-11-10-20-15(24)12-23-16(19-6)21-8-7-9-22-17(25)26-18(3,4)5;/h10-11,14H,7-9,12-13H2,1-6H3,(H,22,25)(H2,19,21,23);1H. The molecular formula is C18H35IN6O2. The van der Waals surface area contributed by atoms with Crippen molar-refractivity contribution in [1.82, 2.24) is 25.5 Å². The van der Waals surface area contributed by atoms with E-state index in [9.17, 15) is 4.79 Å². The lowest BCUT2D eigenvalue weighted by Crippen LogP contribution is -2.39. The highest BCUT2D eigenvalue weighted by atomic mass is 127. The van der Waals surface area contributed by atoms with E-state index in [0.717, 1.165) is 18.8 Å². The summed E-state index contributed by atoms with van der Waals surface area (Å²) in [4.78, 5) is 20.1. The van der Waals surface area contributed by atoms with Crippen LogP contribution in [0.4, 0.5) is 4.79 Å². The van der Waals surface area contributed by atoms with Crippen LogP contribution in [0, 0.1) is 5.92 Å².